The molecule has 2 heteroatoms. The maximum absolute atomic E-state index is 12.2. The molecular formula is C16H21NO. The number of hydrogen-bond acceptors (Lipinski definition) is 1. The average Bonchev–Trinajstić information content (AvgIpc) is 2.37. The number of likely N-dealkylation sites (tertiary alicyclic amines) is 1. The van der Waals surface area contributed by atoms with Crippen molar-refractivity contribution in [1.29, 1.82) is 0 Å². The van der Waals surface area contributed by atoms with Crippen LogP contribution in [-0.2, 0) is 11.3 Å². The van der Waals surface area contributed by atoms with Crippen LogP contribution in [-0.4, -0.2) is 17.4 Å². The Balaban J connectivity index is 1.94. The first-order valence-corrected chi connectivity index (χ1v) is 6.48. The molecule has 96 valence electrons. The van der Waals surface area contributed by atoms with Crippen LogP contribution in [0.3, 0.4) is 0 Å². The molecule has 1 fully saturated rings. The number of carbonyl (C=O) groups excluding carboxylic acids is 1. The van der Waals surface area contributed by atoms with Crippen molar-refractivity contribution in [2.24, 2.45) is 5.41 Å². The van der Waals surface area contributed by atoms with E-state index in [1.165, 1.54) is 11.1 Å². The molecule has 2 nitrogen and oxygen atoms in total. The fraction of sp³-hybridized carbons (Fsp3) is 0.438. The van der Waals surface area contributed by atoms with Crippen molar-refractivity contribution >= 4 is 5.91 Å². The summed E-state index contributed by atoms with van der Waals surface area (Å²) in [6.07, 6.45) is 3.03. The summed E-state index contributed by atoms with van der Waals surface area (Å²) in [6, 6.07) is 10.2. The van der Waals surface area contributed by atoms with Crippen molar-refractivity contribution in [3.8, 4) is 0 Å². The molecule has 1 unspecified atom stereocenters. The highest BCUT2D eigenvalue weighted by molar-refractivity contribution is 5.88. The van der Waals surface area contributed by atoms with E-state index in [1.807, 2.05) is 23.1 Å². The number of hydrogen-bond donors (Lipinski definition) is 0. The van der Waals surface area contributed by atoms with Gasteiger partial charge in [0.15, 0.2) is 0 Å². The molecule has 1 aromatic carbocycles. The normalized spacial score (nSPS) is 22.6. The summed E-state index contributed by atoms with van der Waals surface area (Å²) >= 11 is 0. The Hall–Kier alpha value is -1.57. The standard InChI is InChI=1S/C16H21NO/c1-13(2)9-10-16(3)12-17(15(16)18)11-14-7-5-4-6-8-14/h4-9H,10-12H2,1-3H3. The SMILES string of the molecule is CC(C)=CCC1(C)CN(Cc2ccccc2)C1=O. The highest BCUT2D eigenvalue weighted by Gasteiger charge is 2.46. The van der Waals surface area contributed by atoms with E-state index in [9.17, 15) is 4.79 Å². The van der Waals surface area contributed by atoms with E-state index < -0.39 is 0 Å². The molecule has 0 radical (unpaired) electrons. The molecule has 0 N–H and O–H groups in total. The second-order valence-electron chi connectivity index (χ2n) is 5.69. The third-order valence-corrected chi connectivity index (χ3v) is 3.52. The second-order valence-corrected chi connectivity index (χ2v) is 5.69. The Morgan fingerprint density at radius 2 is 2.00 bits per heavy atom. The van der Waals surface area contributed by atoms with E-state index in [1.54, 1.807) is 0 Å². The first-order chi connectivity index (χ1) is 8.51. The van der Waals surface area contributed by atoms with Gasteiger partial charge < -0.3 is 4.90 Å². The zero-order chi connectivity index (χ0) is 13.2. The smallest absolute Gasteiger partial charge is 0.230 e. The zero-order valence-corrected chi connectivity index (χ0v) is 11.4. The van der Waals surface area contributed by atoms with Gasteiger partial charge in [0, 0.05) is 13.1 Å². The Labute approximate surface area is 109 Å². The summed E-state index contributed by atoms with van der Waals surface area (Å²) in [6.45, 7) is 7.83. The maximum Gasteiger partial charge on any atom is 0.230 e. The lowest BCUT2D eigenvalue weighted by Crippen LogP contribution is -2.59. The largest absolute Gasteiger partial charge is 0.337 e. The molecular weight excluding hydrogens is 222 g/mol. The Morgan fingerprint density at radius 1 is 1.33 bits per heavy atom. The number of amides is 1. The number of nitrogens with zero attached hydrogens (tertiary/aromatic N) is 1. The average molecular weight is 243 g/mol. The molecule has 1 aromatic rings. The topological polar surface area (TPSA) is 20.3 Å². The number of rotatable bonds is 4. The minimum atomic E-state index is -0.175. The number of benzene rings is 1. The molecule has 18 heavy (non-hydrogen) atoms. The monoisotopic (exact) mass is 243 g/mol. The van der Waals surface area contributed by atoms with Gasteiger partial charge in [0.05, 0.1) is 5.41 Å². The summed E-state index contributed by atoms with van der Waals surface area (Å²) < 4.78 is 0. The molecule has 0 saturated carbocycles. The van der Waals surface area contributed by atoms with Gasteiger partial charge in [0.1, 0.15) is 0 Å². The molecule has 1 aliphatic rings. The van der Waals surface area contributed by atoms with E-state index in [-0.39, 0.29) is 11.3 Å². The third-order valence-electron chi connectivity index (χ3n) is 3.52. The fourth-order valence-electron chi connectivity index (χ4n) is 2.36. The van der Waals surface area contributed by atoms with Gasteiger partial charge in [-0.2, -0.15) is 0 Å². The quantitative estimate of drug-likeness (QED) is 0.586. The van der Waals surface area contributed by atoms with Crippen LogP contribution >= 0.6 is 0 Å². The minimum Gasteiger partial charge on any atom is -0.337 e. The first-order valence-electron chi connectivity index (χ1n) is 6.48. The molecule has 1 saturated heterocycles. The molecule has 0 bridgehead atoms. The van der Waals surface area contributed by atoms with Gasteiger partial charge in [-0.25, -0.2) is 0 Å². The third kappa shape index (κ3) is 2.63. The van der Waals surface area contributed by atoms with Gasteiger partial charge in [-0.3, -0.25) is 4.79 Å². The van der Waals surface area contributed by atoms with Gasteiger partial charge in [-0.05, 0) is 32.8 Å². The van der Waals surface area contributed by atoms with E-state index in [4.69, 9.17) is 0 Å². The number of allylic oxidation sites excluding steroid dienone is 2. The minimum absolute atomic E-state index is 0.175. The highest BCUT2D eigenvalue weighted by Crippen LogP contribution is 2.36. The lowest BCUT2D eigenvalue weighted by atomic mass is 9.77. The molecule has 0 spiro atoms. The van der Waals surface area contributed by atoms with Crippen molar-refractivity contribution in [2.75, 3.05) is 6.54 Å². The molecule has 1 amide bonds. The van der Waals surface area contributed by atoms with Crippen LogP contribution in [0.1, 0.15) is 32.8 Å². The zero-order valence-electron chi connectivity index (χ0n) is 11.4. The molecule has 1 atom stereocenters. The van der Waals surface area contributed by atoms with E-state index in [2.05, 4.69) is 39.0 Å². The maximum atomic E-state index is 12.2. The van der Waals surface area contributed by atoms with Crippen molar-refractivity contribution in [2.45, 2.75) is 33.7 Å². The predicted octanol–water partition coefficient (Wildman–Crippen LogP) is 3.39. The van der Waals surface area contributed by atoms with Crippen molar-refractivity contribution in [3.63, 3.8) is 0 Å². The van der Waals surface area contributed by atoms with Gasteiger partial charge in [-0.15, -0.1) is 0 Å². The van der Waals surface area contributed by atoms with Crippen molar-refractivity contribution in [1.82, 2.24) is 4.90 Å². The van der Waals surface area contributed by atoms with Crippen LogP contribution in [0.25, 0.3) is 0 Å². The summed E-state index contributed by atoms with van der Waals surface area (Å²) in [5, 5.41) is 0. The summed E-state index contributed by atoms with van der Waals surface area (Å²) in [4.78, 5) is 14.1. The van der Waals surface area contributed by atoms with Crippen LogP contribution < -0.4 is 0 Å². The van der Waals surface area contributed by atoms with Crippen molar-refractivity contribution in [3.05, 3.63) is 47.5 Å². The Bertz CT molecular complexity index is 459. The van der Waals surface area contributed by atoms with Crippen LogP contribution in [0, 0.1) is 5.41 Å². The molecule has 0 aliphatic carbocycles. The Kier molecular flexibility index (Phi) is 3.55. The second kappa shape index (κ2) is 4.97. The van der Waals surface area contributed by atoms with Gasteiger partial charge in [0.2, 0.25) is 5.91 Å². The van der Waals surface area contributed by atoms with Crippen LogP contribution in [0.4, 0.5) is 0 Å². The Morgan fingerprint density at radius 3 is 2.56 bits per heavy atom. The van der Waals surface area contributed by atoms with Gasteiger partial charge in [-0.1, -0.05) is 42.0 Å². The van der Waals surface area contributed by atoms with Crippen LogP contribution in [0.15, 0.2) is 42.0 Å². The highest BCUT2D eigenvalue weighted by atomic mass is 16.2. The summed E-state index contributed by atoms with van der Waals surface area (Å²) in [7, 11) is 0. The van der Waals surface area contributed by atoms with Gasteiger partial charge in [0.25, 0.3) is 0 Å². The first kappa shape index (κ1) is 12.9. The van der Waals surface area contributed by atoms with Gasteiger partial charge >= 0.3 is 0 Å². The van der Waals surface area contributed by atoms with Crippen LogP contribution in [0.2, 0.25) is 0 Å². The molecule has 1 heterocycles. The summed E-state index contributed by atoms with van der Waals surface area (Å²) in [5.41, 5.74) is 2.31. The number of carbonyl (C=O) groups is 1. The van der Waals surface area contributed by atoms with E-state index in [0.29, 0.717) is 0 Å². The van der Waals surface area contributed by atoms with Crippen molar-refractivity contribution < 1.29 is 4.79 Å². The van der Waals surface area contributed by atoms with E-state index in [0.717, 1.165) is 19.5 Å². The fourth-order valence-corrected chi connectivity index (χ4v) is 2.36. The lowest BCUT2D eigenvalue weighted by molar-refractivity contribution is -0.159. The lowest BCUT2D eigenvalue weighted by Gasteiger charge is -2.46. The summed E-state index contributed by atoms with van der Waals surface area (Å²) in [5.74, 6) is 0.281. The predicted molar refractivity (Wildman–Crippen MR) is 74.0 cm³/mol. The molecule has 0 aromatic heterocycles. The number of β-lactam (4-membered cyclic amide) rings is 1. The van der Waals surface area contributed by atoms with E-state index >= 15 is 0 Å². The molecule has 2 rings (SSSR count). The van der Waals surface area contributed by atoms with Crippen LogP contribution in [0.5, 0.6) is 0 Å². The molecule has 1 aliphatic heterocycles.